The van der Waals surface area contributed by atoms with E-state index in [2.05, 4.69) is 19.2 Å². The van der Waals surface area contributed by atoms with Crippen LogP contribution in [-0.2, 0) is 33.2 Å². The first kappa shape index (κ1) is 63.8. The Bertz CT molecular complexity index is 1360. The van der Waals surface area contributed by atoms with Crippen LogP contribution in [0.3, 0.4) is 0 Å². The SMILES string of the molecule is CCCCCCC/C=C/C(O)C(COC1OC(CO)C(OC2OC(CO)C(OC3OC(CO)C(O)C(O)C3O)C(O)C2O)C(O)C1O)NC(=O)CCCCCCCCCCCCCCCCCCCCC. The monoisotopic (exact) mass is 1020 g/mol. The maximum absolute atomic E-state index is 13.2. The zero-order valence-electron chi connectivity index (χ0n) is 43.0. The minimum Gasteiger partial charge on any atom is -0.394 e. The minimum absolute atomic E-state index is 0.248. The molecule has 17 atom stereocenters. The number of unbranched alkanes of at least 4 members (excludes halogenated alkanes) is 23. The zero-order chi connectivity index (χ0) is 52.0. The standard InChI is InChI=1S/C52H97NO18/c1-3-5-7-9-11-12-13-14-15-16-17-18-19-20-21-22-24-26-28-30-40(58)53-35(36(57)29-27-25-23-10-8-6-4-2)34-66-50-46(64)43(61)48(38(32-55)68-50)71-52-47(65)44(62)49(39(33-56)69-52)70-51-45(63)42(60)41(59)37(31-54)67-51/h27,29,35-39,41-52,54-57,59-65H,3-26,28,30-34H2,1-2H3,(H,53,58)/b29-27+. The molecule has 19 nitrogen and oxygen atoms in total. The highest BCUT2D eigenvalue weighted by molar-refractivity contribution is 5.76. The topological polar surface area (TPSA) is 307 Å². The van der Waals surface area contributed by atoms with Gasteiger partial charge in [-0.3, -0.25) is 4.79 Å². The Hall–Kier alpha value is -1.47. The van der Waals surface area contributed by atoms with E-state index >= 15 is 0 Å². The van der Waals surface area contributed by atoms with Gasteiger partial charge in [0.05, 0.1) is 38.6 Å². The van der Waals surface area contributed by atoms with Gasteiger partial charge in [0.25, 0.3) is 0 Å². The molecule has 0 aromatic heterocycles. The van der Waals surface area contributed by atoms with Crippen LogP contribution >= 0.6 is 0 Å². The Morgan fingerprint density at radius 1 is 0.493 bits per heavy atom. The van der Waals surface area contributed by atoms with Crippen LogP contribution in [0.15, 0.2) is 12.2 Å². The number of nitrogens with one attached hydrogen (secondary N) is 1. The number of carbonyl (C=O) groups excluding carboxylic acids is 1. The van der Waals surface area contributed by atoms with Crippen LogP contribution < -0.4 is 5.32 Å². The van der Waals surface area contributed by atoms with Crippen molar-refractivity contribution < 1.29 is 89.4 Å². The van der Waals surface area contributed by atoms with Gasteiger partial charge in [0.2, 0.25) is 5.91 Å². The Labute approximate surface area is 423 Å². The average molecular weight is 1020 g/mol. The number of allylic oxidation sites excluding steroid dienone is 1. The van der Waals surface area contributed by atoms with Crippen molar-refractivity contribution in [2.24, 2.45) is 0 Å². The van der Waals surface area contributed by atoms with Crippen LogP contribution in [0.25, 0.3) is 0 Å². The summed E-state index contributed by atoms with van der Waals surface area (Å²) in [6.07, 6.45) is 6.76. The van der Waals surface area contributed by atoms with E-state index in [4.69, 9.17) is 28.4 Å². The molecule has 0 radical (unpaired) electrons. The molecule has 19 heteroatoms. The molecule has 0 aromatic rings. The first-order valence-corrected chi connectivity index (χ1v) is 27.4. The second kappa shape index (κ2) is 37.3. The van der Waals surface area contributed by atoms with Gasteiger partial charge in [-0.05, 0) is 19.3 Å². The van der Waals surface area contributed by atoms with E-state index in [0.29, 0.717) is 6.42 Å². The summed E-state index contributed by atoms with van der Waals surface area (Å²) in [6.45, 7) is 1.64. The van der Waals surface area contributed by atoms with Crippen molar-refractivity contribution in [3.8, 4) is 0 Å². The number of hydrogen-bond donors (Lipinski definition) is 12. The van der Waals surface area contributed by atoms with E-state index in [9.17, 15) is 61.0 Å². The summed E-state index contributed by atoms with van der Waals surface area (Å²) in [5.41, 5.74) is 0. The quantitative estimate of drug-likeness (QED) is 0.0311. The van der Waals surface area contributed by atoms with Gasteiger partial charge in [-0.2, -0.15) is 0 Å². The molecular formula is C52H97NO18. The highest BCUT2D eigenvalue weighted by atomic mass is 16.8. The molecule has 0 spiro atoms. The van der Waals surface area contributed by atoms with E-state index in [0.717, 1.165) is 57.8 Å². The molecule has 3 heterocycles. The fourth-order valence-electron chi connectivity index (χ4n) is 9.48. The van der Waals surface area contributed by atoms with Crippen molar-refractivity contribution in [2.75, 3.05) is 26.4 Å². The smallest absolute Gasteiger partial charge is 0.220 e. The molecule has 0 saturated carbocycles. The molecule has 418 valence electrons. The normalized spacial score (nSPS) is 32.3. The molecule has 3 saturated heterocycles. The van der Waals surface area contributed by atoms with E-state index < -0.39 is 124 Å². The first-order chi connectivity index (χ1) is 34.3. The van der Waals surface area contributed by atoms with Crippen LogP contribution in [0.5, 0.6) is 0 Å². The summed E-state index contributed by atoms with van der Waals surface area (Å²) in [5.74, 6) is -0.278. The van der Waals surface area contributed by atoms with Gasteiger partial charge in [-0.25, -0.2) is 0 Å². The molecule has 3 aliphatic rings. The minimum atomic E-state index is -1.97. The molecule has 0 bridgehead atoms. The predicted octanol–water partition coefficient (Wildman–Crippen LogP) is 3.04. The number of aliphatic hydroxyl groups is 11. The first-order valence-electron chi connectivity index (χ1n) is 27.4. The summed E-state index contributed by atoms with van der Waals surface area (Å²) < 4.78 is 34.1. The average Bonchev–Trinajstić information content (AvgIpc) is 3.36. The molecule has 3 rings (SSSR count). The molecule has 0 aliphatic carbocycles. The van der Waals surface area contributed by atoms with Gasteiger partial charge in [-0.1, -0.05) is 167 Å². The summed E-state index contributed by atoms with van der Waals surface area (Å²) >= 11 is 0. The van der Waals surface area contributed by atoms with E-state index in [1.54, 1.807) is 6.08 Å². The fraction of sp³-hybridized carbons (Fsp3) is 0.942. The van der Waals surface area contributed by atoms with Gasteiger partial charge in [0, 0.05) is 6.42 Å². The van der Waals surface area contributed by atoms with Crippen molar-refractivity contribution in [2.45, 2.75) is 285 Å². The Morgan fingerprint density at radius 3 is 1.32 bits per heavy atom. The highest BCUT2D eigenvalue weighted by Crippen LogP contribution is 2.33. The third-order valence-electron chi connectivity index (χ3n) is 14.1. The summed E-state index contributed by atoms with van der Waals surface area (Å²) in [5, 5.41) is 119. The maximum atomic E-state index is 13.2. The number of aliphatic hydroxyl groups excluding tert-OH is 11. The summed E-state index contributed by atoms with van der Waals surface area (Å²) in [6, 6.07) is -0.963. The van der Waals surface area contributed by atoms with E-state index in [-0.39, 0.29) is 18.9 Å². The second-order valence-electron chi connectivity index (χ2n) is 20.1. The Balaban J connectivity index is 1.47. The van der Waals surface area contributed by atoms with Crippen LogP contribution in [-0.4, -0.2) is 193 Å². The molecule has 12 N–H and O–H groups in total. The number of ether oxygens (including phenoxy) is 6. The number of carbonyl (C=O) groups is 1. The zero-order valence-corrected chi connectivity index (χ0v) is 43.0. The maximum Gasteiger partial charge on any atom is 0.220 e. The number of rotatable bonds is 39. The molecule has 0 aromatic carbocycles. The van der Waals surface area contributed by atoms with Crippen molar-refractivity contribution in [3.63, 3.8) is 0 Å². The predicted molar refractivity (Wildman–Crippen MR) is 263 cm³/mol. The molecule has 3 fully saturated rings. The lowest BCUT2D eigenvalue weighted by atomic mass is 9.96. The molecular weight excluding hydrogens is 927 g/mol. The van der Waals surface area contributed by atoms with Crippen molar-refractivity contribution >= 4 is 5.91 Å². The lowest BCUT2D eigenvalue weighted by Gasteiger charge is -2.48. The number of hydrogen-bond acceptors (Lipinski definition) is 18. The van der Waals surface area contributed by atoms with Crippen molar-refractivity contribution in [1.82, 2.24) is 5.32 Å². The van der Waals surface area contributed by atoms with Gasteiger partial charge in [-0.15, -0.1) is 0 Å². The van der Waals surface area contributed by atoms with Gasteiger partial charge < -0.3 is 89.9 Å². The van der Waals surface area contributed by atoms with E-state index in [1.165, 1.54) is 96.3 Å². The van der Waals surface area contributed by atoms with E-state index in [1.807, 2.05) is 6.08 Å². The van der Waals surface area contributed by atoms with Gasteiger partial charge in [0.15, 0.2) is 18.9 Å². The second-order valence-corrected chi connectivity index (χ2v) is 20.1. The van der Waals surface area contributed by atoms with Gasteiger partial charge >= 0.3 is 0 Å². The third-order valence-corrected chi connectivity index (χ3v) is 14.1. The largest absolute Gasteiger partial charge is 0.394 e. The van der Waals surface area contributed by atoms with Crippen LogP contribution in [0.1, 0.15) is 181 Å². The van der Waals surface area contributed by atoms with Crippen molar-refractivity contribution in [3.05, 3.63) is 12.2 Å². The molecule has 3 aliphatic heterocycles. The molecule has 71 heavy (non-hydrogen) atoms. The number of amides is 1. The van der Waals surface area contributed by atoms with Crippen molar-refractivity contribution in [1.29, 1.82) is 0 Å². The summed E-state index contributed by atoms with van der Waals surface area (Å²) in [7, 11) is 0. The van der Waals surface area contributed by atoms with Crippen LogP contribution in [0.4, 0.5) is 0 Å². The lowest BCUT2D eigenvalue weighted by Crippen LogP contribution is -2.66. The highest BCUT2D eigenvalue weighted by Gasteiger charge is 2.53. The summed E-state index contributed by atoms with van der Waals surface area (Å²) in [4.78, 5) is 13.2. The molecule has 1 amide bonds. The van der Waals surface area contributed by atoms with Crippen LogP contribution in [0, 0.1) is 0 Å². The van der Waals surface area contributed by atoms with Gasteiger partial charge in [0.1, 0.15) is 73.2 Å². The van der Waals surface area contributed by atoms with Crippen LogP contribution in [0.2, 0.25) is 0 Å². The Kier molecular flexibility index (Phi) is 33.5. The third kappa shape index (κ3) is 22.7. The fourth-order valence-corrected chi connectivity index (χ4v) is 9.48. The Morgan fingerprint density at radius 2 is 0.873 bits per heavy atom. The lowest BCUT2D eigenvalue weighted by molar-refractivity contribution is -0.379. The molecule has 17 unspecified atom stereocenters.